The Bertz CT molecular complexity index is 763. The zero-order chi connectivity index (χ0) is 17.9. The van der Waals surface area contributed by atoms with E-state index in [9.17, 15) is 13.2 Å². The van der Waals surface area contributed by atoms with Crippen molar-refractivity contribution < 1.29 is 17.9 Å². The van der Waals surface area contributed by atoms with Gasteiger partial charge in [-0.1, -0.05) is 17.5 Å². The number of carbonyl (C=O) groups is 1. The number of rotatable bonds is 4. The molecule has 1 amide bonds. The normalized spacial score (nSPS) is 21.9. The first-order valence-electron chi connectivity index (χ1n) is 7.42. The van der Waals surface area contributed by atoms with Crippen LogP contribution in [0, 0.1) is 12.3 Å². The second-order valence-electron chi connectivity index (χ2n) is 5.61. The van der Waals surface area contributed by atoms with Gasteiger partial charge in [-0.25, -0.2) is 8.42 Å². The van der Waals surface area contributed by atoms with Crippen molar-refractivity contribution in [1.82, 2.24) is 9.62 Å². The smallest absolute Gasteiger partial charge is 0.252 e. The third kappa shape index (κ3) is 4.08. The van der Waals surface area contributed by atoms with E-state index in [2.05, 4.69) is 11.2 Å². The van der Waals surface area contributed by atoms with Crippen LogP contribution in [0.25, 0.3) is 0 Å². The molecule has 130 valence electrons. The molecule has 24 heavy (non-hydrogen) atoms. The molecule has 1 N–H and O–H groups in total. The molecule has 1 aliphatic rings. The Morgan fingerprint density at radius 3 is 2.62 bits per heavy atom. The van der Waals surface area contributed by atoms with Gasteiger partial charge >= 0.3 is 0 Å². The summed E-state index contributed by atoms with van der Waals surface area (Å²) in [5.74, 6) is 1.83. The highest BCUT2D eigenvalue weighted by atomic mass is 35.5. The van der Waals surface area contributed by atoms with Crippen LogP contribution in [0.3, 0.4) is 0 Å². The van der Waals surface area contributed by atoms with E-state index in [4.69, 9.17) is 22.8 Å². The van der Waals surface area contributed by atoms with Crippen LogP contribution < -0.4 is 5.32 Å². The zero-order valence-electron chi connectivity index (χ0n) is 13.5. The largest absolute Gasteiger partial charge is 0.373 e. The zero-order valence-corrected chi connectivity index (χ0v) is 15.0. The lowest BCUT2D eigenvalue weighted by molar-refractivity contribution is -0.0440. The van der Waals surface area contributed by atoms with Crippen molar-refractivity contribution in [1.29, 1.82) is 0 Å². The maximum Gasteiger partial charge on any atom is 0.252 e. The number of nitrogens with zero attached hydrogens (tertiary/aromatic N) is 1. The molecule has 6 nitrogen and oxygen atoms in total. The predicted octanol–water partition coefficient (Wildman–Crippen LogP) is 1.50. The fourth-order valence-electron chi connectivity index (χ4n) is 2.54. The van der Waals surface area contributed by atoms with Crippen LogP contribution in [0.4, 0.5) is 0 Å². The lowest BCUT2D eigenvalue weighted by Crippen LogP contribution is -2.48. The number of carbonyl (C=O) groups excluding carboxylic acids is 1. The van der Waals surface area contributed by atoms with Gasteiger partial charge in [0.2, 0.25) is 10.0 Å². The van der Waals surface area contributed by atoms with Crippen LogP contribution in [-0.2, 0) is 14.8 Å². The Morgan fingerprint density at radius 1 is 1.42 bits per heavy atom. The van der Waals surface area contributed by atoms with E-state index in [0.29, 0.717) is 0 Å². The molecule has 1 aliphatic heterocycles. The maximum atomic E-state index is 12.9. The predicted molar refractivity (Wildman–Crippen MR) is 91.4 cm³/mol. The van der Waals surface area contributed by atoms with Gasteiger partial charge in [-0.3, -0.25) is 4.79 Å². The van der Waals surface area contributed by atoms with Crippen molar-refractivity contribution in [3.63, 3.8) is 0 Å². The molecule has 1 fully saturated rings. The van der Waals surface area contributed by atoms with Crippen LogP contribution >= 0.6 is 11.6 Å². The molecule has 2 atom stereocenters. The molecule has 2 rings (SSSR count). The first-order valence-corrected chi connectivity index (χ1v) is 9.24. The van der Waals surface area contributed by atoms with E-state index in [1.165, 1.54) is 22.5 Å². The molecule has 1 aromatic carbocycles. The van der Waals surface area contributed by atoms with Crippen LogP contribution in [0.2, 0.25) is 5.02 Å². The molecule has 0 spiro atoms. The number of morpholine rings is 1. The third-order valence-corrected chi connectivity index (χ3v) is 5.86. The van der Waals surface area contributed by atoms with Crippen molar-refractivity contribution in [3.8, 4) is 12.3 Å². The summed E-state index contributed by atoms with van der Waals surface area (Å²) in [6.07, 6.45) is 4.67. The van der Waals surface area contributed by atoms with E-state index in [1.807, 2.05) is 13.8 Å². The van der Waals surface area contributed by atoms with Gasteiger partial charge in [-0.05, 0) is 32.0 Å². The van der Waals surface area contributed by atoms with Crippen LogP contribution in [0.5, 0.6) is 0 Å². The highest BCUT2D eigenvalue weighted by Crippen LogP contribution is 2.28. The summed E-state index contributed by atoms with van der Waals surface area (Å²) in [6.45, 7) is 4.14. The number of ether oxygens (including phenoxy) is 1. The van der Waals surface area contributed by atoms with Crippen LogP contribution in [0.1, 0.15) is 24.2 Å². The van der Waals surface area contributed by atoms with Gasteiger partial charge in [-0.15, -0.1) is 6.42 Å². The number of hydrogen-bond acceptors (Lipinski definition) is 4. The first-order chi connectivity index (χ1) is 11.3. The van der Waals surface area contributed by atoms with Gasteiger partial charge in [0.1, 0.15) is 4.90 Å². The minimum absolute atomic E-state index is 0.0576. The number of sulfonamides is 1. The van der Waals surface area contributed by atoms with Gasteiger partial charge in [0.15, 0.2) is 0 Å². The van der Waals surface area contributed by atoms with E-state index in [0.717, 1.165) is 0 Å². The molecular formula is C16H19ClN2O4S. The lowest BCUT2D eigenvalue weighted by Gasteiger charge is -2.34. The molecule has 8 heteroatoms. The van der Waals surface area contributed by atoms with Crippen LogP contribution in [-0.4, -0.2) is 50.5 Å². The van der Waals surface area contributed by atoms with E-state index in [1.54, 1.807) is 0 Å². The summed E-state index contributed by atoms with van der Waals surface area (Å²) in [5, 5.41) is 2.56. The third-order valence-electron chi connectivity index (χ3n) is 3.55. The van der Waals surface area contributed by atoms with Gasteiger partial charge in [0, 0.05) is 18.7 Å². The van der Waals surface area contributed by atoms with Gasteiger partial charge in [0.25, 0.3) is 5.91 Å². The van der Waals surface area contributed by atoms with E-state index < -0.39 is 15.9 Å². The Hall–Kier alpha value is -1.59. The van der Waals surface area contributed by atoms with E-state index >= 15 is 0 Å². The number of terminal acetylenes is 1. The fraction of sp³-hybridized carbons (Fsp3) is 0.438. The van der Waals surface area contributed by atoms with Crippen LogP contribution in [0.15, 0.2) is 23.1 Å². The molecule has 1 heterocycles. The molecule has 1 saturated heterocycles. The number of hydrogen-bond donors (Lipinski definition) is 1. The van der Waals surface area contributed by atoms with Crippen molar-refractivity contribution in [2.24, 2.45) is 0 Å². The minimum Gasteiger partial charge on any atom is -0.373 e. The summed E-state index contributed by atoms with van der Waals surface area (Å²) in [5.41, 5.74) is 0.183. The number of amides is 1. The molecule has 0 saturated carbocycles. The average Bonchev–Trinajstić information content (AvgIpc) is 2.51. The molecule has 1 aromatic rings. The second-order valence-corrected chi connectivity index (χ2v) is 7.92. The van der Waals surface area contributed by atoms with Gasteiger partial charge in [-0.2, -0.15) is 4.31 Å². The van der Waals surface area contributed by atoms with Crippen molar-refractivity contribution in [2.75, 3.05) is 19.6 Å². The number of benzene rings is 1. The van der Waals surface area contributed by atoms with Gasteiger partial charge in [0.05, 0.1) is 23.8 Å². The van der Waals surface area contributed by atoms with Crippen molar-refractivity contribution >= 4 is 27.5 Å². The number of halogens is 1. The minimum atomic E-state index is -3.83. The van der Waals surface area contributed by atoms with Gasteiger partial charge < -0.3 is 10.1 Å². The first kappa shape index (κ1) is 18.7. The molecular weight excluding hydrogens is 352 g/mol. The summed E-state index contributed by atoms with van der Waals surface area (Å²) in [6, 6.07) is 4.12. The van der Waals surface area contributed by atoms with Crippen molar-refractivity contribution in [3.05, 3.63) is 28.8 Å². The standard InChI is InChI=1S/C16H19ClN2O4S/c1-4-7-18-16(20)13-5-6-14(17)15(8-13)24(21,22)19-9-11(2)23-12(3)10-19/h1,5-6,8,11-12H,7,9-10H2,2-3H3,(H,18,20). The summed E-state index contributed by atoms with van der Waals surface area (Å²) >= 11 is 6.08. The average molecular weight is 371 g/mol. The molecule has 0 aromatic heterocycles. The molecule has 0 bridgehead atoms. The highest BCUT2D eigenvalue weighted by molar-refractivity contribution is 7.89. The monoisotopic (exact) mass is 370 g/mol. The maximum absolute atomic E-state index is 12.9. The highest BCUT2D eigenvalue weighted by Gasteiger charge is 2.33. The lowest BCUT2D eigenvalue weighted by atomic mass is 10.2. The fourth-order valence-corrected chi connectivity index (χ4v) is 4.63. The summed E-state index contributed by atoms with van der Waals surface area (Å²) in [4.78, 5) is 11.9. The van der Waals surface area contributed by atoms with E-state index in [-0.39, 0.29) is 47.3 Å². The summed E-state index contributed by atoms with van der Waals surface area (Å²) < 4.78 is 32.7. The Morgan fingerprint density at radius 2 is 2.04 bits per heavy atom. The SMILES string of the molecule is C#CCNC(=O)c1ccc(Cl)c(S(=O)(=O)N2CC(C)OC(C)C2)c1. The number of nitrogens with one attached hydrogen (secondary N) is 1. The molecule has 0 aliphatic carbocycles. The Balaban J connectivity index is 2.36. The second kappa shape index (κ2) is 7.53. The molecule has 0 radical (unpaired) electrons. The Labute approximate surface area is 147 Å². The molecule has 2 unspecified atom stereocenters. The van der Waals surface area contributed by atoms with Crippen molar-refractivity contribution in [2.45, 2.75) is 31.0 Å². The topological polar surface area (TPSA) is 75.7 Å². The quantitative estimate of drug-likeness (QED) is 0.815. The summed E-state index contributed by atoms with van der Waals surface area (Å²) in [7, 11) is -3.83. The Kier molecular flexibility index (Phi) is 5.88.